The molecule has 0 radical (unpaired) electrons. The number of carbonyl (C=O) groups excluding carboxylic acids is 1. The monoisotopic (exact) mass is 217 g/mol. The first-order chi connectivity index (χ1) is 7.65. The van der Waals surface area contributed by atoms with Crippen molar-refractivity contribution < 1.29 is 4.79 Å². The van der Waals surface area contributed by atoms with Crippen LogP contribution in [-0.2, 0) is 0 Å². The number of anilines is 2. The van der Waals surface area contributed by atoms with E-state index in [1.54, 1.807) is 19.2 Å². The van der Waals surface area contributed by atoms with Gasteiger partial charge < -0.3 is 11.1 Å². The molecule has 2 aromatic heterocycles. The average molecular weight is 217 g/mol. The molecule has 0 saturated carbocycles. The van der Waals surface area contributed by atoms with Gasteiger partial charge in [-0.25, -0.2) is 4.98 Å². The van der Waals surface area contributed by atoms with Crippen molar-refractivity contribution in [3.8, 4) is 0 Å². The number of nitrogen functional groups attached to an aromatic ring is 1. The van der Waals surface area contributed by atoms with Crippen LogP contribution in [0.2, 0.25) is 0 Å². The van der Waals surface area contributed by atoms with Gasteiger partial charge in [0.2, 0.25) is 0 Å². The van der Waals surface area contributed by atoms with Crippen LogP contribution in [0.5, 0.6) is 0 Å². The second-order valence-electron chi connectivity index (χ2n) is 3.36. The zero-order valence-electron chi connectivity index (χ0n) is 8.69. The van der Waals surface area contributed by atoms with Crippen molar-refractivity contribution in [1.82, 2.24) is 15.2 Å². The molecule has 2 aromatic rings. The van der Waals surface area contributed by atoms with E-state index in [4.69, 9.17) is 5.73 Å². The first kappa shape index (κ1) is 10.2. The lowest BCUT2D eigenvalue weighted by molar-refractivity contribution is 0.102. The Kier molecular flexibility index (Phi) is 2.55. The molecule has 6 nitrogen and oxygen atoms in total. The predicted octanol–water partition coefficient (Wildman–Crippen LogP) is 0.948. The molecular weight excluding hydrogens is 206 g/mol. The third kappa shape index (κ3) is 2.17. The number of hydrogen-bond donors (Lipinski definition) is 3. The number of hydrogen-bond acceptors (Lipinski definition) is 4. The van der Waals surface area contributed by atoms with Crippen LogP contribution in [-0.4, -0.2) is 21.1 Å². The van der Waals surface area contributed by atoms with Crippen LogP contribution >= 0.6 is 0 Å². The summed E-state index contributed by atoms with van der Waals surface area (Å²) in [6.45, 7) is 1.78. The van der Waals surface area contributed by atoms with Crippen LogP contribution < -0.4 is 11.1 Å². The highest BCUT2D eigenvalue weighted by atomic mass is 16.1. The summed E-state index contributed by atoms with van der Waals surface area (Å²) in [4.78, 5) is 15.8. The molecule has 0 fully saturated rings. The molecule has 0 spiro atoms. The number of H-pyrrole nitrogens is 1. The third-order valence-electron chi connectivity index (χ3n) is 1.99. The van der Waals surface area contributed by atoms with Gasteiger partial charge in [0.05, 0.1) is 11.9 Å². The summed E-state index contributed by atoms with van der Waals surface area (Å²) in [5.41, 5.74) is 7.35. The first-order valence-corrected chi connectivity index (χ1v) is 4.69. The second kappa shape index (κ2) is 4.01. The van der Waals surface area contributed by atoms with Crippen molar-refractivity contribution in [3.05, 3.63) is 35.8 Å². The van der Waals surface area contributed by atoms with Gasteiger partial charge in [0.1, 0.15) is 5.82 Å². The number of carbonyl (C=O) groups is 1. The Morgan fingerprint density at radius 1 is 1.50 bits per heavy atom. The lowest BCUT2D eigenvalue weighted by Gasteiger charge is -2.04. The van der Waals surface area contributed by atoms with Crippen LogP contribution in [0.3, 0.4) is 0 Å². The molecule has 4 N–H and O–H groups in total. The Bertz CT molecular complexity index is 486. The largest absolute Gasteiger partial charge is 0.384 e. The van der Waals surface area contributed by atoms with Gasteiger partial charge in [-0.05, 0) is 19.1 Å². The lowest BCUT2D eigenvalue weighted by atomic mass is 10.2. The molecule has 1 amide bonds. The number of amides is 1. The minimum atomic E-state index is -0.237. The van der Waals surface area contributed by atoms with Gasteiger partial charge in [-0.15, -0.1) is 0 Å². The fraction of sp³-hybridized carbons (Fsp3) is 0.100. The molecule has 0 saturated heterocycles. The fourth-order valence-electron chi connectivity index (χ4n) is 1.35. The number of aromatic nitrogens is 3. The highest BCUT2D eigenvalue weighted by molar-refractivity contribution is 6.04. The SMILES string of the molecule is Cc1cc(C(=O)Nc2cn[nH]c2)cc(N)n1. The van der Waals surface area contributed by atoms with Crippen molar-refractivity contribution in [2.24, 2.45) is 0 Å². The molecule has 0 bridgehead atoms. The molecule has 0 aliphatic heterocycles. The summed E-state index contributed by atoms with van der Waals surface area (Å²) < 4.78 is 0. The van der Waals surface area contributed by atoms with Crippen molar-refractivity contribution in [2.45, 2.75) is 6.92 Å². The van der Waals surface area contributed by atoms with E-state index in [1.165, 1.54) is 12.3 Å². The minimum Gasteiger partial charge on any atom is -0.384 e. The van der Waals surface area contributed by atoms with E-state index in [0.29, 0.717) is 22.8 Å². The van der Waals surface area contributed by atoms with E-state index in [9.17, 15) is 4.79 Å². The van der Waals surface area contributed by atoms with Gasteiger partial charge in [0.25, 0.3) is 5.91 Å². The number of aromatic amines is 1. The second-order valence-corrected chi connectivity index (χ2v) is 3.36. The molecule has 2 rings (SSSR count). The maximum absolute atomic E-state index is 11.8. The highest BCUT2D eigenvalue weighted by Gasteiger charge is 2.08. The van der Waals surface area contributed by atoms with Gasteiger partial charge in [0, 0.05) is 17.5 Å². The van der Waals surface area contributed by atoms with Crippen LogP contribution in [0.15, 0.2) is 24.5 Å². The van der Waals surface area contributed by atoms with E-state index >= 15 is 0 Å². The molecule has 2 heterocycles. The molecular formula is C10H11N5O. The molecule has 0 aliphatic carbocycles. The quantitative estimate of drug-likeness (QED) is 0.697. The van der Waals surface area contributed by atoms with Crippen LogP contribution in [0.1, 0.15) is 16.1 Å². The Morgan fingerprint density at radius 3 is 2.94 bits per heavy atom. The van der Waals surface area contributed by atoms with Gasteiger partial charge in [0.15, 0.2) is 0 Å². The van der Waals surface area contributed by atoms with Crippen LogP contribution in [0, 0.1) is 6.92 Å². The fourth-order valence-corrected chi connectivity index (χ4v) is 1.35. The molecule has 0 aromatic carbocycles. The maximum atomic E-state index is 11.8. The van der Waals surface area contributed by atoms with E-state index in [-0.39, 0.29) is 5.91 Å². The maximum Gasteiger partial charge on any atom is 0.255 e. The summed E-state index contributed by atoms with van der Waals surface area (Å²) >= 11 is 0. The molecule has 0 atom stereocenters. The highest BCUT2D eigenvalue weighted by Crippen LogP contribution is 2.10. The Balaban J connectivity index is 2.21. The van der Waals surface area contributed by atoms with E-state index in [2.05, 4.69) is 20.5 Å². The zero-order valence-corrected chi connectivity index (χ0v) is 8.69. The minimum absolute atomic E-state index is 0.237. The Hall–Kier alpha value is -2.37. The molecule has 16 heavy (non-hydrogen) atoms. The van der Waals surface area contributed by atoms with Crippen LogP contribution in [0.4, 0.5) is 11.5 Å². The number of nitrogens with zero attached hydrogens (tertiary/aromatic N) is 2. The lowest BCUT2D eigenvalue weighted by Crippen LogP contribution is -2.12. The average Bonchev–Trinajstić information content (AvgIpc) is 2.68. The standard InChI is InChI=1S/C10H11N5O/c1-6-2-7(3-9(11)14-6)10(16)15-8-4-12-13-5-8/h2-5H,1H3,(H2,11,14)(H,12,13)(H,15,16). The third-order valence-corrected chi connectivity index (χ3v) is 1.99. The number of rotatable bonds is 2. The Morgan fingerprint density at radius 2 is 2.31 bits per heavy atom. The van der Waals surface area contributed by atoms with Gasteiger partial charge in [-0.3, -0.25) is 9.89 Å². The molecule has 0 unspecified atom stereocenters. The van der Waals surface area contributed by atoms with Crippen molar-refractivity contribution >= 4 is 17.4 Å². The first-order valence-electron chi connectivity index (χ1n) is 4.69. The predicted molar refractivity (Wildman–Crippen MR) is 59.9 cm³/mol. The number of aryl methyl sites for hydroxylation is 1. The zero-order chi connectivity index (χ0) is 11.5. The number of nitrogens with two attached hydrogens (primary N) is 1. The van der Waals surface area contributed by atoms with Gasteiger partial charge in [-0.2, -0.15) is 5.10 Å². The summed E-state index contributed by atoms with van der Waals surface area (Å²) in [5, 5.41) is 9.01. The molecule has 0 aliphatic rings. The summed E-state index contributed by atoms with van der Waals surface area (Å²) in [5.74, 6) is 0.0935. The number of nitrogens with one attached hydrogen (secondary N) is 2. The van der Waals surface area contributed by atoms with E-state index in [1.807, 2.05) is 0 Å². The van der Waals surface area contributed by atoms with Crippen LogP contribution in [0.25, 0.3) is 0 Å². The van der Waals surface area contributed by atoms with Crippen molar-refractivity contribution in [3.63, 3.8) is 0 Å². The van der Waals surface area contributed by atoms with Gasteiger partial charge >= 0.3 is 0 Å². The molecule has 82 valence electrons. The normalized spacial score (nSPS) is 10.1. The Labute approximate surface area is 91.9 Å². The topological polar surface area (TPSA) is 96.7 Å². The smallest absolute Gasteiger partial charge is 0.255 e. The van der Waals surface area contributed by atoms with E-state index < -0.39 is 0 Å². The van der Waals surface area contributed by atoms with Crippen molar-refractivity contribution in [2.75, 3.05) is 11.1 Å². The summed E-state index contributed by atoms with van der Waals surface area (Å²) in [7, 11) is 0. The summed E-state index contributed by atoms with van der Waals surface area (Å²) in [6.07, 6.45) is 3.12. The number of pyridine rings is 1. The van der Waals surface area contributed by atoms with Gasteiger partial charge in [-0.1, -0.05) is 0 Å². The van der Waals surface area contributed by atoms with Crippen molar-refractivity contribution in [1.29, 1.82) is 0 Å². The summed E-state index contributed by atoms with van der Waals surface area (Å²) in [6, 6.07) is 3.20. The molecule has 6 heteroatoms. The van der Waals surface area contributed by atoms with E-state index in [0.717, 1.165) is 0 Å².